The Bertz CT molecular complexity index is 4970. The highest BCUT2D eigenvalue weighted by molar-refractivity contribution is 6.20. The summed E-state index contributed by atoms with van der Waals surface area (Å²) in [7, 11) is 0. The molecule has 384 valence electrons. The second-order valence-electron chi connectivity index (χ2n) is 20.0. The number of hydrogen-bond acceptors (Lipinski definition) is 9. The average molecular weight is 1040 g/mol. The minimum absolute atomic E-state index is 0.468. The molecule has 0 bridgehead atoms. The second-order valence-corrected chi connectivity index (χ2v) is 20.0. The summed E-state index contributed by atoms with van der Waals surface area (Å²) in [6.07, 6.45) is 17.6. The number of hydrogen-bond donors (Lipinski definition) is 0. The molecule has 13 aromatic rings. The van der Waals surface area contributed by atoms with Crippen LogP contribution in [0.25, 0.3) is 141 Å². The van der Waals surface area contributed by atoms with Crippen molar-refractivity contribution in [2.45, 2.75) is 20.8 Å². The van der Waals surface area contributed by atoms with E-state index in [0.717, 1.165) is 98.8 Å². The molecule has 0 radical (unpaired) electrons. The van der Waals surface area contributed by atoms with Crippen LogP contribution in [0.4, 0.5) is 0 Å². The van der Waals surface area contributed by atoms with Crippen LogP contribution < -0.4 is 10.4 Å². The third-order valence-electron chi connectivity index (χ3n) is 14.9. The maximum atomic E-state index is 5.79. The highest BCUT2D eigenvalue weighted by Crippen LogP contribution is 2.41. The summed E-state index contributed by atoms with van der Waals surface area (Å²) in [5.41, 5.74) is 17.7. The van der Waals surface area contributed by atoms with Crippen LogP contribution in [0.5, 0.6) is 0 Å². The molecule has 0 spiro atoms. The second kappa shape index (κ2) is 20.9. The molecular formula is C72H51N9. The first-order valence-electron chi connectivity index (χ1n) is 26.8. The Kier molecular flexibility index (Phi) is 12.8. The molecule has 0 saturated carbocycles. The summed E-state index contributed by atoms with van der Waals surface area (Å²) in [6, 6.07) is 55.1. The van der Waals surface area contributed by atoms with Crippen molar-refractivity contribution in [3.63, 3.8) is 0 Å². The zero-order valence-electron chi connectivity index (χ0n) is 44.9. The van der Waals surface area contributed by atoms with Crippen molar-refractivity contribution in [1.29, 1.82) is 0 Å². The van der Waals surface area contributed by atoms with Crippen LogP contribution in [0.3, 0.4) is 0 Å². The number of aryl methyl sites for hydroxylation is 2. The van der Waals surface area contributed by atoms with Gasteiger partial charge in [-0.25, -0.2) is 29.9 Å². The maximum absolute atomic E-state index is 5.79. The molecular weight excluding hydrogens is 991 g/mol. The average Bonchev–Trinajstić information content (AvgIpc) is 3.57. The summed E-state index contributed by atoms with van der Waals surface area (Å²) >= 11 is 0. The van der Waals surface area contributed by atoms with Gasteiger partial charge in [0, 0.05) is 62.6 Å². The molecule has 0 aliphatic rings. The van der Waals surface area contributed by atoms with Crippen LogP contribution in [0.2, 0.25) is 0 Å². The van der Waals surface area contributed by atoms with E-state index in [0.29, 0.717) is 67.3 Å². The fraction of sp³-hybridized carbons (Fsp3) is 0.0417. The van der Waals surface area contributed by atoms with Gasteiger partial charge in [-0.2, -0.15) is 0 Å². The van der Waals surface area contributed by atoms with Gasteiger partial charge in [0.2, 0.25) is 0 Å². The Morgan fingerprint density at radius 1 is 0.395 bits per heavy atom. The first kappa shape index (κ1) is 49.8. The van der Waals surface area contributed by atoms with Crippen molar-refractivity contribution in [2.75, 3.05) is 0 Å². The lowest BCUT2D eigenvalue weighted by Crippen LogP contribution is -2.22. The lowest BCUT2D eigenvalue weighted by molar-refractivity contribution is 1.20. The third-order valence-corrected chi connectivity index (χ3v) is 14.9. The Morgan fingerprint density at radius 3 is 1.22 bits per heavy atom. The van der Waals surface area contributed by atoms with Gasteiger partial charge in [0.15, 0.2) is 0 Å². The van der Waals surface area contributed by atoms with Crippen molar-refractivity contribution < 1.29 is 0 Å². The van der Waals surface area contributed by atoms with Crippen molar-refractivity contribution in [2.24, 2.45) is 0 Å². The van der Waals surface area contributed by atoms with Crippen LogP contribution in [0.15, 0.2) is 214 Å². The van der Waals surface area contributed by atoms with Crippen LogP contribution in [0.1, 0.15) is 46.3 Å². The van der Waals surface area contributed by atoms with E-state index in [-0.39, 0.29) is 0 Å². The van der Waals surface area contributed by atoms with Crippen LogP contribution in [-0.4, -0.2) is 44.9 Å². The van der Waals surface area contributed by atoms with E-state index < -0.39 is 0 Å². The van der Waals surface area contributed by atoms with E-state index in [1.807, 2.05) is 135 Å². The minimum Gasteiger partial charge on any atom is -0.256 e. The molecule has 0 amide bonds. The molecule has 81 heavy (non-hydrogen) atoms. The summed E-state index contributed by atoms with van der Waals surface area (Å²) in [5.74, 6) is 0. The van der Waals surface area contributed by atoms with Gasteiger partial charge in [0.25, 0.3) is 0 Å². The number of aromatic nitrogens is 9. The molecule has 6 heterocycles. The molecule has 0 atom stereocenters. The normalized spacial score (nSPS) is 12.6. The lowest BCUT2D eigenvalue weighted by Gasteiger charge is -2.18. The van der Waals surface area contributed by atoms with E-state index in [1.54, 1.807) is 0 Å². The summed E-state index contributed by atoms with van der Waals surface area (Å²) in [5, 5.41) is 4.67. The molecule has 0 aliphatic heterocycles. The summed E-state index contributed by atoms with van der Waals surface area (Å²) in [6.45, 7) is 19.4. The molecule has 9 nitrogen and oxygen atoms in total. The van der Waals surface area contributed by atoms with Gasteiger partial charge >= 0.3 is 0 Å². The fourth-order valence-corrected chi connectivity index (χ4v) is 10.5. The number of para-hydroxylation sites is 3. The van der Waals surface area contributed by atoms with E-state index in [9.17, 15) is 0 Å². The molecule has 6 aromatic heterocycles. The number of nitrogens with zero attached hydrogens (tertiary/aromatic N) is 9. The molecule has 0 unspecified atom stereocenters. The molecule has 9 heteroatoms. The molecule has 0 aliphatic carbocycles. The van der Waals surface area contributed by atoms with E-state index >= 15 is 0 Å². The zero-order valence-corrected chi connectivity index (χ0v) is 44.9. The quantitative estimate of drug-likeness (QED) is 0.0922. The molecule has 7 aromatic carbocycles. The molecule has 13 rings (SSSR count). The minimum atomic E-state index is 0.468. The Balaban J connectivity index is 1.24. The molecule has 0 saturated heterocycles. The SMILES string of the molecule is C=C/C(=C\c1ccccc1C)c1nc2c(nc1C(/C=c1/ccccc1=C)=C/C)c1nc(/C(C=C)=C/c3ccccc3C)c(-c3cnc4ccccc4c3)nc1c1nc(-c3cnc4ccccc4c3)c(-c3cnc4ccccc4c3)nc21. The highest BCUT2D eigenvalue weighted by Gasteiger charge is 2.27. The van der Waals surface area contributed by atoms with Crippen molar-refractivity contribution in [3.8, 4) is 33.8 Å². The topological polar surface area (TPSA) is 116 Å². The van der Waals surface area contributed by atoms with E-state index in [2.05, 4.69) is 125 Å². The van der Waals surface area contributed by atoms with Gasteiger partial charge in [-0.3, -0.25) is 15.0 Å². The van der Waals surface area contributed by atoms with Gasteiger partial charge in [-0.05, 0) is 114 Å². The van der Waals surface area contributed by atoms with E-state index in [4.69, 9.17) is 44.9 Å². The number of allylic oxidation sites excluding steroid dienone is 6. The predicted octanol–water partition coefficient (Wildman–Crippen LogP) is 15.5. The Hall–Kier alpha value is -10.8. The maximum Gasteiger partial charge on any atom is 0.120 e. The first-order chi connectivity index (χ1) is 39.7. The molecule has 0 fully saturated rings. The van der Waals surface area contributed by atoms with Gasteiger partial charge in [0.05, 0.1) is 50.7 Å². The van der Waals surface area contributed by atoms with Crippen molar-refractivity contribution in [3.05, 3.63) is 264 Å². The Morgan fingerprint density at radius 2 is 0.765 bits per heavy atom. The largest absolute Gasteiger partial charge is 0.256 e. The van der Waals surface area contributed by atoms with Crippen LogP contribution >= 0.6 is 0 Å². The van der Waals surface area contributed by atoms with Gasteiger partial charge in [-0.1, -0.05) is 165 Å². The smallest absolute Gasteiger partial charge is 0.120 e. The summed E-state index contributed by atoms with van der Waals surface area (Å²) in [4.78, 5) is 49.5. The van der Waals surface area contributed by atoms with Gasteiger partial charge in [-0.15, -0.1) is 0 Å². The van der Waals surface area contributed by atoms with Gasteiger partial charge in [0.1, 0.15) is 33.1 Å². The van der Waals surface area contributed by atoms with E-state index in [1.165, 1.54) is 0 Å². The Labute approximate surface area is 467 Å². The number of rotatable bonds is 11. The highest BCUT2D eigenvalue weighted by atomic mass is 15.0. The fourth-order valence-electron chi connectivity index (χ4n) is 10.5. The monoisotopic (exact) mass is 1040 g/mol. The predicted molar refractivity (Wildman–Crippen MR) is 336 cm³/mol. The summed E-state index contributed by atoms with van der Waals surface area (Å²) < 4.78 is 0. The van der Waals surface area contributed by atoms with Crippen LogP contribution in [0, 0.1) is 13.8 Å². The number of benzene rings is 7. The van der Waals surface area contributed by atoms with Gasteiger partial charge < -0.3 is 0 Å². The van der Waals surface area contributed by atoms with Crippen molar-refractivity contribution >= 4 is 107 Å². The van der Waals surface area contributed by atoms with Crippen molar-refractivity contribution in [1.82, 2.24) is 44.9 Å². The first-order valence-corrected chi connectivity index (χ1v) is 26.8. The third kappa shape index (κ3) is 9.22. The molecule has 0 N–H and O–H groups in total. The lowest BCUT2D eigenvalue weighted by atomic mass is 9.98. The standard InChI is InChI=1S/C72H51N9/c1-7-46(34-49-25-13-10-22-43(49)4)61-62(47(8-2)35-50-26-14-11-23-44(50)5)77-68-67(76-61)69-70(79-64(55-37-52-28-16-19-31-58(52)73-40-55)63(78-69)48(9-3)36-51-27-15-12-24-45(51)6)72-71(68)80-65(56-38-53-29-17-20-32-59(53)74-41-56)66(81-72)57-39-54-30-18-21-33-60(54)75-42-57/h7-42H,2-4H2,1,5-6H3/b46-7+,47-35+,48-36+,49-34-. The number of pyridine rings is 3. The zero-order chi connectivity index (χ0) is 55.1. The van der Waals surface area contributed by atoms with Crippen LogP contribution in [-0.2, 0) is 0 Å². The number of fused-ring (bicyclic) bond motifs is 9.